The van der Waals surface area contributed by atoms with E-state index in [0.29, 0.717) is 28.1 Å². The van der Waals surface area contributed by atoms with Crippen LogP contribution in [0.3, 0.4) is 0 Å². The van der Waals surface area contributed by atoms with Crippen LogP contribution in [0.5, 0.6) is 0 Å². The lowest BCUT2D eigenvalue weighted by Crippen LogP contribution is -1.99. The van der Waals surface area contributed by atoms with Crippen LogP contribution in [0, 0.1) is 12.7 Å². The topological polar surface area (TPSA) is 30.7 Å². The maximum absolute atomic E-state index is 15.5. The van der Waals surface area contributed by atoms with Gasteiger partial charge in [-0.2, -0.15) is 0 Å². The molecule has 0 unspecified atom stereocenters. The van der Waals surface area contributed by atoms with Gasteiger partial charge >= 0.3 is 0 Å². The van der Waals surface area contributed by atoms with Crippen LogP contribution in [0.15, 0.2) is 115 Å². The molecule has 190 valence electrons. The Hall–Kier alpha value is -4.87. The van der Waals surface area contributed by atoms with E-state index in [1.54, 1.807) is 24.3 Å². The third kappa shape index (κ3) is 3.48. The molecule has 0 amide bonds. The van der Waals surface area contributed by atoms with E-state index in [1.165, 1.54) is 17.4 Å². The van der Waals surface area contributed by atoms with Crippen LogP contribution >= 0.6 is 11.3 Å². The van der Waals surface area contributed by atoms with E-state index < -0.39 is 6.85 Å². The molecular weight excluding hydrogens is 513 g/mol. The van der Waals surface area contributed by atoms with Crippen LogP contribution in [0.2, 0.25) is 0 Å². The molecule has 5 aromatic carbocycles. The number of benzene rings is 5. The summed E-state index contributed by atoms with van der Waals surface area (Å²) >= 11 is 1.53. The van der Waals surface area contributed by atoms with Crippen LogP contribution in [0.4, 0.5) is 4.39 Å². The molecule has 0 aliphatic rings. The van der Waals surface area contributed by atoms with Crippen LogP contribution in [-0.4, -0.2) is 14.5 Å². The molecule has 3 nitrogen and oxygen atoms in total. The Balaban J connectivity index is 1.37. The highest BCUT2D eigenvalue weighted by Crippen LogP contribution is 2.41. The number of aryl methyl sites for hydroxylation is 1. The number of pyridine rings is 1. The number of para-hydroxylation sites is 1. The summed E-state index contributed by atoms with van der Waals surface area (Å²) in [5.74, 6) is 0.299. The van der Waals surface area contributed by atoms with E-state index in [9.17, 15) is 0 Å². The smallest absolute Gasteiger partial charge is 0.149 e. The molecule has 0 N–H and O–H groups in total. The first-order chi connectivity index (χ1) is 20.9. The molecule has 3 aromatic heterocycles. The number of aromatic nitrogens is 3. The average Bonchev–Trinajstić information content (AvgIpc) is 3.59. The Bertz CT molecular complexity index is 2370. The first kappa shape index (κ1) is 20.1. The van der Waals surface area contributed by atoms with E-state index in [2.05, 4.69) is 18.2 Å². The van der Waals surface area contributed by atoms with Crippen molar-refractivity contribution in [2.75, 3.05) is 0 Å². The second-order valence-corrected chi connectivity index (χ2v) is 10.8. The number of hydrogen-bond donors (Lipinski definition) is 0. The van der Waals surface area contributed by atoms with Gasteiger partial charge in [0.1, 0.15) is 22.0 Å². The van der Waals surface area contributed by atoms with Crippen molar-refractivity contribution in [1.29, 1.82) is 0 Å². The molecule has 0 saturated heterocycles. The minimum Gasteiger partial charge on any atom is -0.290 e. The van der Waals surface area contributed by atoms with Crippen LogP contribution < -0.4 is 0 Å². The van der Waals surface area contributed by atoms with Gasteiger partial charge in [-0.05, 0) is 65.7 Å². The lowest BCUT2D eigenvalue weighted by atomic mass is 10.0. The van der Waals surface area contributed by atoms with Gasteiger partial charge in [0, 0.05) is 36.4 Å². The summed E-state index contributed by atoms with van der Waals surface area (Å²) in [4.78, 5) is 10.7. The van der Waals surface area contributed by atoms with Crippen molar-refractivity contribution in [3.8, 4) is 28.3 Å². The summed E-state index contributed by atoms with van der Waals surface area (Å²) in [6.45, 7) is -2.25. The van der Waals surface area contributed by atoms with E-state index in [0.717, 1.165) is 42.3 Å². The fourth-order valence-electron chi connectivity index (χ4n) is 5.54. The Morgan fingerprint density at radius 2 is 1.55 bits per heavy atom. The van der Waals surface area contributed by atoms with Gasteiger partial charge in [-0.25, -0.2) is 14.4 Å². The monoisotopic (exact) mass is 538 g/mol. The Kier molecular flexibility index (Phi) is 4.44. The van der Waals surface area contributed by atoms with Gasteiger partial charge in [-0.1, -0.05) is 72.8 Å². The lowest BCUT2D eigenvalue weighted by Gasteiger charge is -2.12. The third-order valence-electron chi connectivity index (χ3n) is 7.43. The summed E-state index contributed by atoms with van der Waals surface area (Å²) < 4.78 is 42.4. The molecular formula is C35H22FN3S. The van der Waals surface area contributed by atoms with Crippen LogP contribution in [0.1, 0.15) is 9.68 Å². The molecule has 8 rings (SSSR count). The van der Waals surface area contributed by atoms with Crippen molar-refractivity contribution in [3.63, 3.8) is 0 Å². The van der Waals surface area contributed by atoms with E-state index in [-0.39, 0.29) is 11.4 Å². The minimum atomic E-state index is -2.25. The van der Waals surface area contributed by atoms with Crippen molar-refractivity contribution >= 4 is 53.4 Å². The van der Waals surface area contributed by atoms with Crippen molar-refractivity contribution in [2.24, 2.45) is 0 Å². The largest absolute Gasteiger partial charge is 0.290 e. The first-order valence-corrected chi connectivity index (χ1v) is 13.8. The highest BCUT2D eigenvalue weighted by Gasteiger charge is 2.21. The van der Waals surface area contributed by atoms with Crippen molar-refractivity contribution in [3.05, 3.63) is 127 Å². The molecule has 3 heterocycles. The van der Waals surface area contributed by atoms with E-state index >= 15 is 4.39 Å². The van der Waals surface area contributed by atoms with E-state index in [1.807, 2.05) is 71.3 Å². The molecule has 8 aromatic rings. The Morgan fingerprint density at radius 3 is 2.48 bits per heavy atom. The summed E-state index contributed by atoms with van der Waals surface area (Å²) in [7, 11) is 0. The molecule has 0 bridgehead atoms. The van der Waals surface area contributed by atoms with Gasteiger partial charge < -0.3 is 0 Å². The van der Waals surface area contributed by atoms with Gasteiger partial charge in [-0.15, -0.1) is 11.3 Å². The quantitative estimate of drug-likeness (QED) is 0.224. The molecule has 5 heteroatoms. The zero-order valence-corrected chi connectivity index (χ0v) is 21.9. The fourth-order valence-corrected chi connectivity index (χ4v) is 6.73. The van der Waals surface area contributed by atoms with Crippen LogP contribution in [-0.2, 0) is 0 Å². The Morgan fingerprint density at radius 1 is 0.725 bits per heavy atom. The fraction of sp³-hybridized carbons (Fsp3) is 0.0286. The minimum absolute atomic E-state index is 0.273. The zero-order valence-electron chi connectivity index (χ0n) is 24.1. The maximum atomic E-state index is 15.5. The number of imidazole rings is 1. The summed E-state index contributed by atoms with van der Waals surface area (Å²) in [5.41, 5.74) is 4.16. The van der Waals surface area contributed by atoms with Gasteiger partial charge in [0.05, 0.1) is 11.2 Å². The summed E-state index contributed by atoms with van der Waals surface area (Å²) in [6.07, 6.45) is 0. The number of nitrogens with zero attached hydrogens (tertiary/aromatic N) is 3. The highest BCUT2D eigenvalue weighted by molar-refractivity contribution is 7.26. The second kappa shape index (κ2) is 8.83. The summed E-state index contributed by atoms with van der Waals surface area (Å²) in [6, 6.07) is 36.1. The van der Waals surface area contributed by atoms with Gasteiger partial charge in [0.2, 0.25) is 0 Å². The molecule has 0 fully saturated rings. The predicted octanol–water partition coefficient (Wildman–Crippen LogP) is 9.72. The van der Waals surface area contributed by atoms with Crippen molar-refractivity contribution < 1.29 is 8.50 Å². The van der Waals surface area contributed by atoms with Gasteiger partial charge in [0.15, 0.2) is 0 Å². The SMILES string of the molecule is [2H]C([2H])([2H])c1ccccc1-c1ccc2c(n1)sc1c(-c3nc4cccc(F)c4n3-c3ccc4ccccc4c3)cccc12. The maximum Gasteiger partial charge on any atom is 0.149 e. The molecule has 0 atom stereocenters. The summed E-state index contributed by atoms with van der Waals surface area (Å²) in [5, 5.41) is 4.14. The number of hydrogen-bond acceptors (Lipinski definition) is 3. The predicted molar refractivity (Wildman–Crippen MR) is 165 cm³/mol. The zero-order chi connectivity index (χ0) is 29.3. The van der Waals surface area contributed by atoms with Crippen molar-refractivity contribution in [2.45, 2.75) is 6.85 Å². The van der Waals surface area contributed by atoms with Crippen molar-refractivity contribution in [1.82, 2.24) is 14.5 Å². The number of rotatable bonds is 3. The lowest BCUT2D eigenvalue weighted by molar-refractivity contribution is 0.635. The third-order valence-corrected chi connectivity index (χ3v) is 8.58. The average molecular weight is 539 g/mol. The number of halogens is 1. The van der Waals surface area contributed by atoms with Crippen LogP contribution in [0.25, 0.3) is 70.4 Å². The standard InChI is InChI=1S/C35H22FN3S/c1-21-8-2-5-11-25(21)30-19-18-27-26-12-6-13-28(33(26)40-35(27)38-30)34-37-31-15-7-14-29(36)32(31)39(34)24-17-16-22-9-3-4-10-23(22)20-24/h2-20H,1H3/i1D3. The molecule has 0 aliphatic heterocycles. The first-order valence-electron chi connectivity index (χ1n) is 14.5. The second-order valence-electron chi connectivity index (χ2n) is 9.79. The molecule has 0 spiro atoms. The number of fused-ring (bicyclic) bond motifs is 5. The Labute approximate surface area is 238 Å². The number of thiophene rings is 1. The van der Waals surface area contributed by atoms with Gasteiger partial charge in [0.25, 0.3) is 0 Å². The molecule has 0 saturated carbocycles. The molecule has 0 aliphatic carbocycles. The highest BCUT2D eigenvalue weighted by atomic mass is 32.1. The molecule has 40 heavy (non-hydrogen) atoms. The van der Waals surface area contributed by atoms with E-state index in [4.69, 9.17) is 14.1 Å². The molecule has 0 radical (unpaired) electrons. The van der Waals surface area contributed by atoms with Gasteiger partial charge in [-0.3, -0.25) is 4.57 Å². The normalized spacial score (nSPS) is 13.2.